The maximum Gasteiger partial charge on any atom is 2.00 e. The Hall–Kier alpha value is -0.717. The van der Waals surface area contributed by atoms with Gasteiger partial charge in [-0.15, -0.1) is 0 Å². The van der Waals surface area contributed by atoms with E-state index in [4.69, 9.17) is 30.6 Å². The molecule has 0 atom stereocenters. The van der Waals surface area contributed by atoms with Crippen LogP contribution in [0.3, 0.4) is 0 Å². The SMILES string of the molecule is O=[N+]([O-])[O-].O=[N+]([O-])[O-].[Zr+2]. The summed E-state index contributed by atoms with van der Waals surface area (Å²) in [6.07, 6.45) is 0. The summed E-state index contributed by atoms with van der Waals surface area (Å²) in [5.41, 5.74) is 0. The largest absolute Gasteiger partial charge is 2.00 e. The fourth-order valence-electron chi connectivity index (χ4n) is 0. The van der Waals surface area contributed by atoms with Gasteiger partial charge in [0, 0.05) is 0 Å². The van der Waals surface area contributed by atoms with Crippen LogP contribution in [-0.2, 0) is 26.2 Å². The molecule has 0 saturated heterocycles. The van der Waals surface area contributed by atoms with Crippen molar-refractivity contribution in [3.05, 3.63) is 30.6 Å². The van der Waals surface area contributed by atoms with E-state index in [-0.39, 0.29) is 26.2 Å². The van der Waals surface area contributed by atoms with Gasteiger partial charge in [-0.1, -0.05) is 0 Å². The average molecular weight is 215 g/mol. The van der Waals surface area contributed by atoms with Crippen molar-refractivity contribution in [3.63, 3.8) is 0 Å². The third-order valence-electron chi connectivity index (χ3n) is 0. The molecule has 0 bridgehead atoms. The van der Waals surface area contributed by atoms with E-state index in [2.05, 4.69) is 0 Å². The first-order chi connectivity index (χ1) is 3.46. The van der Waals surface area contributed by atoms with Gasteiger partial charge in [0.1, 0.15) is 0 Å². The molecule has 50 valence electrons. The maximum atomic E-state index is 8.25. The maximum absolute atomic E-state index is 8.25. The zero-order valence-electron chi connectivity index (χ0n) is 3.84. The second-order valence-electron chi connectivity index (χ2n) is 0.447. The summed E-state index contributed by atoms with van der Waals surface area (Å²) < 4.78 is 0. The van der Waals surface area contributed by atoms with E-state index in [1.165, 1.54) is 0 Å². The van der Waals surface area contributed by atoms with E-state index < -0.39 is 10.2 Å². The van der Waals surface area contributed by atoms with Crippen LogP contribution in [0.1, 0.15) is 0 Å². The molecular formula is N2O6Zr. The molecule has 0 aromatic heterocycles. The van der Waals surface area contributed by atoms with Crippen molar-refractivity contribution < 1.29 is 36.4 Å². The summed E-state index contributed by atoms with van der Waals surface area (Å²) in [5, 5.41) is 29.5. The van der Waals surface area contributed by atoms with Gasteiger partial charge < -0.3 is 30.6 Å². The molecule has 0 fully saturated rings. The Labute approximate surface area is 67.4 Å². The molecule has 0 saturated carbocycles. The van der Waals surface area contributed by atoms with Crippen molar-refractivity contribution in [2.24, 2.45) is 0 Å². The van der Waals surface area contributed by atoms with Gasteiger partial charge in [-0.05, 0) is 0 Å². The van der Waals surface area contributed by atoms with Crippen LogP contribution in [0.2, 0.25) is 0 Å². The molecule has 9 heteroatoms. The third-order valence-corrected chi connectivity index (χ3v) is 0. The summed E-state index contributed by atoms with van der Waals surface area (Å²) in [6, 6.07) is 0. The average Bonchev–Trinajstić information content (AvgIpc) is 1.25. The molecule has 0 unspecified atom stereocenters. The normalized spacial score (nSPS) is 5.33. The molecule has 0 spiro atoms. The first-order valence-corrected chi connectivity index (χ1v) is 1.10. The second kappa shape index (κ2) is 10.3. The van der Waals surface area contributed by atoms with Gasteiger partial charge in [-0.25, -0.2) is 0 Å². The summed E-state index contributed by atoms with van der Waals surface area (Å²) >= 11 is 0. The molecule has 0 aliphatic rings. The Bertz CT molecular complexity index is 69.1. The smallest absolute Gasteiger partial charge is 0.356 e. The second-order valence-corrected chi connectivity index (χ2v) is 0.447. The van der Waals surface area contributed by atoms with Gasteiger partial charge in [0.2, 0.25) is 0 Å². The van der Waals surface area contributed by atoms with E-state index >= 15 is 0 Å². The quantitative estimate of drug-likeness (QED) is 0.395. The third kappa shape index (κ3) is 396. The van der Waals surface area contributed by atoms with Gasteiger partial charge in [0.15, 0.2) is 0 Å². The minimum absolute atomic E-state index is 0. The molecule has 0 aliphatic carbocycles. The zero-order valence-corrected chi connectivity index (χ0v) is 6.30. The Balaban J connectivity index is -0.0000000720. The minimum Gasteiger partial charge on any atom is -0.356 e. The van der Waals surface area contributed by atoms with Crippen LogP contribution in [0, 0.1) is 30.6 Å². The fraction of sp³-hybridized carbons (Fsp3) is 0. The van der Waals surface area contributed by atoms with E-state index in [9.17, 15) is 0 Å². The number of rotatable bonds is 0. The minimum atomic E-state index is -1.75. The van der Waals surface area contributed by atoms with Gasteiger partial charge in [0.05, 0.1) is 10.2 Å². The molecule has 0 aromatic rings. The number of hydrogen-bond acceptors (Lipinski definition) is 6. The Kier molecular flexibility index (Phi) is 18.0. The van der Waals surface area contributed by atoms with Gasteiger partial charge >= 0.3 is 26.2 Å². The molecule has 0 N–H and O–H groups in total. The van der Waals surface area contributed by atoms with Crippen molar-refractivity contribution in [2.45, 2.75) is 0 Å². The van der Waals surface area contributed by atoms with Crippen LogP contribution in [0.15, 0.2) is 0 Å². The first-order valence-electron chi connectivity index (χ1n) is 1.10. The summed E-state index contributed by atoms with van der Waals surface area (Å²) in [5.74, 6) is 0. The van der Waals surface area contributed by atoms with Crippen molar-refractivity contribution >= 4 is 0 Å². The van der Waals surface area contributed by atoms with E-state index in [1.54, 1.807) is 0 Å². The fourth-order valence-corrected chi connectivity index (χ4v) is 0. The molecule has 0 heterocycles. The van der Waals surface area contributed by atoms with Crippen LogP contribution in [0.25, 0.3) is 0 Å². The van der Waals surface area contributed by atoms with Crippen LogP contribution in [0.4, 0.5) is 0 Å². The summed E-state index contributed by atoms with van der Waals surface area (Å²) in [7, 11) is 0. The zero-order chi connectivity index (χ0) is 7.15. The molecule has 0 rings (SSSR count). The topological polar surface area (TPSA) is 132 Å². The van der Waals surface area contributed by atoms with Crippen LogP contribution < -0.4 is 0 Å². The standard InChI is InChI=1S/2NO3.Zr/c2*2-1(3)4;/q2*-1;+2. The van der Waals surface area contributed by atoms with Crippen molar-refractivity contribution in [1.82, 2.24) is 0 Å². The molecule has 0 aromatic carbocycles. The summed E-state index contributed by atoms with van der Waals surface area (Å²) in [4.78, 5) is 16.5. The van der Waals surface area contributed by atoms with Gasteiger partial charge in [-0.3, -0.25) is 0 Å². The van der Waals surface area contributed by atoms with Crippen LogP contribution in [-0.4, -0.2) is 10.2 Å². The Morgan fingerprint density at radius 1 is 0.778 bits per heavy atom. The predicted molar refractivity (Wildman–Crippen MR) is 20.7 cm³/mol. The number of hydrogen-bond donors (Lipinski definition) is 0. The van der Waals surface area contributed by atoms with Crippen molar-refractivity contribution in [2.75, 3.05) is 0 Å². The van der Waals surface area contributed by atoms with Crippen molar-refractivity contribution in [3.8, 4) is 0 Å². The monoisotopic (exact) mass is 214 g/mol. The first kappa shape index (κ1) is 15.7. The molecule has 8 nitrogen and oxygen atoms in total. The van der Waals surface area contributed by atoms with Crippen molar-refractivity contribution in [1.29, 1.82) is 0 Å². The van der Waals surface area contributed by atoms with Crippen LogP contribution in [0.5, 0.6) is 0 Å². The molecule has 0 amide bonds. The van der Waals surface area contributed by atoms with E-state index in [1.807, 2.05) is 0 Å². The molecule has 0 radical (unpaired) electrons. The van der Waals surface area contributed by atoms with Gasteiger partial charge in [0.25, 0.3) is 0 Å². The molecule has 9 heavy (non-hydrogen) atoms. The van der Waals surface area contributed by atoms with E-state index in [0.29, 0.717) is 0 Å². The predicted octanol–water partition coefficient (Wildman–Crippen LogP) is -0.481. The van der Waals surface area contributed by atoms with Gasteiger partial charge in [-0.2, -0.15) is 0 Å². The van der Waals surface area contributed by atoms with E-state index in [0.717, 1.165) is 0 Å². The molecule has 0 aliphatic heterocycles. The van der Waals surface area contributed by atoms with Crippen LogP contribution >= 0.6 is 0 Å². The molecular weight excluding hydrogens is 215 g/mol. The number of nitrogens with zero attached hydrogens (tertiary/aromatic N) is 2. The Morgan fingerprint density at radius 2 is 0.778 bits per heavy atom. The summed E-state index contributed by atoms with van der Waals surface area (Å²) in [6.45, 7) is 0. The Morgan fingerprint density at radius 3 is 0.778 bits per heavy atom.